The number of aromatic nitrogens is 2. The number of carbonyl (C=O) groups is 2. The number of alkyl carbamates (subject to hydrolysis) is 1. The van der Waals surface area contributed by atoms with Gasteiger partial charge in [-0.25, -0.2) is 14.8 Å². The highest BCUT2D eigenvalue weighted by molar-refractivity contribution is 5.73. The summed E-state index contributed by atoms with van der Waals surface area (Å²) in [6.45, 7) is 17.4. The van der Waals surface area contributed by atoms with E-state index in [2.05, 4.69) is 43.6 Å². The third kappa shape index (κ3) is 11.3. The van der Waals surface area contributed by atoms with E-state index in [-0.39, 0.29) is 11.9 Å². The van der Waals surface area contributed by atoms with Crippen LogP contribution in [0.2, 0.25) is 0 Å². The van der Waals surface area contributed by atoms with Crippen LogP contribution in [-0.4, -0.2) is 90.7 Å². The molecule has 12 heteroatoms. The molecule has 1 aromatic heterocycles. The first-order chi connectivity index (χ1) is 23.8. The molecule has 12 nitrogen and oxygen atoms in total. The van der Waals surface area contributed by atoms with Gasteiger partial charge in [0.1, 0.15) is 23.6 Å². The summed E-state index contributed by atoms with van der Waals surface area (Å²) in [6, 6.07) is 16.0. The lowest BCUT2D eigenvalue weighted by molar-refractivity contribution is -0.161. The number of piperidine rings is 1. The monoisotopic (exact) mass is 688 g/mol. The Morgan fingerprint density at radius 3 is 2.28 bits per heavy atom. The molecule has 0 bridgehead atoms. The fraction of sp³-hybridized carbons (Fsp3) is 0.526. The lowest BCUT2D eigenvalue weighted by Gasteiger charge is -2.35. The molecule has 1 amide bonds. The lowest BCUT2D eigenvalue weighted by atomic mass is 9.96. The molecule has 270 valence electrons. The highest BCUT2D eigenvalue weighted by Gasteiger charge is 2.29. The fourth-order valence-electron chi connectivity index (χ4n) is 5.92. The van der Waals surface area contributed by atoms with Gasteiger partial charge in [0.15, 0.2) is 0 Å². The number of hydrogen-bond donors (Lipinski definition) is 2. The minimum absolute atomic E-state index is 0.0570. The van der Waals surface area contributed by atoms with E-state index < -0.39 is 17.3 Å². The first-order valence-electron chi connectivity index (χ1n) is 17.5. The van der Waals surface area contributed by atoms with Crippen molar-refractivity contribution in [3.63, 3.8) is 0 Å². The Balaban J connectivity index is 1.21. The van der Waals surface area contributed by atoms with Crippen molar-refractivity contribution in [2.24, 2.45) is 5.92 Å². The zero-order valence-corrected chi connectivity index (χ0v) is 30.3. The molecule has 0 spiro atoms. The number of amides is 1. The number of hydrogen-bond acceptors (Lipinski definition) is 11. The van der Waals surface area contributed by atoms with Gasteiger partial charge in [0, 0.05) is 42.8 Å². The first kappa shape index (κ1) is 36.9. The van der Waals surface area contributed by atoms with Crippen molar-refractivity contribution >= 4 is 29.4 Å². The maximum absolute atomic E-state index is 12.7. The lowest BCUT2D eigenvalue weighted by Crippen LogP contribution is -2.39. The molecule has 2 fully saturated rings. The number of rotatable bonds is 11. The second-order valence-corrected chi connectivity index (χ2v) is 14.7. The highest BCUT2D eigenvalue weighted by Crippen LogP contribution is 2.30. The molecule has 2 aromatic carbocycles. The Bertz CT molecular complexity index is 1570. The number of nitrogens with zero attached hydrogens (tertiary/aromatic N) is 4. The maximum atomic E-state index is 12.7. The second kappa shape index (κ2) is 16.5. The van der Waals surface area contributed by atoms with Gasteiger partial charge in [0.2, 0.25) is 5.95 Å². The van der Waals surface area contributed by atoms with E-state index >= 15 is 0 Å². The van der Waals surface area contributed by atoms with Gasteiger partial charge in [-0.05, 0) is 122 Å². The summed E-state index contributed by atoms with van der Waals surface area (Å²) in [5.41, 5.74) is 4.00. The number of ether oxygens (including phenoxy) is 4. The van der Waals surface area contributed by atoms with Gasteiger partial charge in [0.25, 0.3) is 0 Å². The van der Waals surface area contributed by atoms with Crippen LogP contribution in [0.15, 0.2) is 54.7 Å². The predicted octanol–water partition coefficient (Wildman–Crippen LogP) is 6.18. The average Bonchev–Trinajstić information content (AvgIpc) is 3.06. The van der Waals surface area contributed by atoms with Crippen molar-refractivity contribution in [2.75, 3.05) is 62.8 Å². The summed E-state index contributed by atoms with van der Waals surface area (Å²) in [6.07, 6.45) is 2.86. The van der Waals surface area contributed by atoms with Gasteiger partial charge in [-0.3, -0.25) is 9.69 Å². The minimum atomic E-state index is -0.543. The normalized spacial score (nSPS) is 16.1. The maximum Gasteiger partial charge on any atom is 0.407 e. The molecule has 0 unspecified atom stereocenters. The van der Waals surface area contributed by atoms with Crippen molar-refractivity contribution in [3.8, 4) is 17.0 Å². The molecule has 3 aromatic rings. The number of carbonyl (C=O) groups excluding carboxylic acids is 2. The van der Waals surface area contributed by atoms with Crippen LogP contribution < -0.4 is 20.3 Å². The molecular weight excluding hydrogens is 636 g/mol. The van der Waals surface area contributed by atoms with Crippen LogP contribution in [-0.2, 0) is 25.5 Å². The predicted molar refractivity (Wildman–Crippen MR) is 194 cm³/mol. The third-order valence-electron chi connectivity index (χ3n) is 8.25. The standard InChI is InChI=1S/C38H52N6O6/c1-37(2,3)49-34(45)28-14-18-43(19-15-28)26-29-25-30(9-12-33(29)44-20-23-47-24-21-44)41-35-39-16-13-32(42-35)27-7-10-31(11-8-27)48-22-17-40-36(46)50-38(4,5)6/h7-13,16,25,28H,14-15,17-24,26H2,1-6H3,(H,40,46)(H,39,41,42). The van der Waals surface area contributed by atoms with E-state index in [0.29, 0.717) is 38.1 Å². The molecule has 2 aliphatic heterocycles. The van der Waals surface area contributed by atoms with E-state index in [0.717, 1.165) is 62.5 Å². The number of morpholine rings is 1. The minimum Gasteiger partial charge on any atom is -0.492 e. The molecule has 5 rings (SSSR count). The Morgan fingerprint density at radius 1 is 0.900 bits per heavy atom. The number of likely N-dealkylation sites (tertiary alicyclic amines) is 1. The van der Waals surface area contributed by atoms with E-state index in [1.165, 1.54) is 11.3 Å². The summed E-state index contributed by atoms with van der Waals surface area (Å²) in [5, 5.41) is 6.11. The largest absolute Gasteiger partial charge is 0.492 e. The summed E-state index contributed by atoms with van der Waals surface area (Å²) < 4.78 is 22.3. The van der Waals surface area contributed by atoms with Crippen molar-refractivity contribution in [3.05, 3.63) is 60.3 Å². The summed E-state index contributed by atoms with van der Waals surface area (Å²) in [4.78, 5) is 38.6. The molecule has 3 heterocycles. The van der Waals surface area contributed by atoms with Crippen molar-refractivity contribution < 1.29 is 28.5 Å². The van der Waals surface area contributed by atoms with Gasteiger partial charge >= 0.3 is 12.1 Å². The van der Waals surface area contributed by atoms with Gasteiger partial charge in [0.05, 0.1) is 31.4 Å². The summed E-state index contributed by atoms with van der Waals surface area (Å²) in [7, 11) is 0. The van der Waals surface area contributed by atoms with E-state index in [9.17, 15) is 9.59 Å². The Kier molecular flexibility index (Phi) is 12.2. The zero-order valence-electron chi connectivity index (χ0n) is 30.3. The number of anilines is 3. The Hall–Kier alpha value is -4.42. The van der Waals surface area contributed by atoms with Gasteiger partial charge < -0.3 is 34.5 Å². The molecule has 2 saturated heterocycles. The number of esters is 1. The van der Waals surface area contributed by atoms with E-state index in [1.54, 1.807) is 6.20 Å². The van der Waals surface area contributed by atoms with Crippen LogP contribution in [0.3, 0.4) is 0 Å². The van der Waals surface area contributed by atoms with Crippen molar-refractivity contribution in [2.45, 2.75) is 72.1 Å². The highest BCUT2D eigenvalue weighted by atomic mass is 16.6. The number of nitrogens with one attached hydrogen (secondary N) is 2. The number of benzene rings is 2. The zero-order chi connectivity index (χ0) is 35.7. The Morgan fingerprint density at radius 2 is 1.60 bits per heavy atom. The third-order valence-corrected chi connectivity index (χ3v) is 8.25. The van der Waals surface area contributed by atoms with Crippen LogP contribution in [0.1, 0.15) is 59.9 Å². The van der Waals surface area contributed by atoms with Gasteiger partial charge in [-0.1, -0.05) is 0 Å². The van der Waals surface area contributed by atoms with E-state index in [4.69, 9.17) is 23.9 Å². The molecule has 0 aliphatic carbocycles. The molecule has 2 aliphatic rings. The SMILES string of the molecule is CC(C)(C)OC(=O)NCCOc1ccc(-c2ccnc(Nc3ccc(N4CCOCC4)c(CN4CCC(C(=O)OC(C)(C)C)CC4)c3)n2)cc1. The average molecular weight is 689 g/mol. The van der Waals surface area contributed by atoms with E-state index in [1.807, 2.05) is 71.9 Å². The van der Waals surface area contributed by atoms with Crippen molar-refractivity contribution in [1.82, 2.24) is 20.2 Å². The van der Waals surface area contributed by atoms with Crippen molar-refractivity contribution in [1.29, 1.82) is 0 Å². The van der Waals surface area contributed by atoms with Crippen LogP contribution in [0.25, 0.3) is 11.3 Å². The quantitative estimate of drug-likeness (QED) is 0.177. The topological polar surface area (TPSA) is 127 Å². The summed E-state index contributed by atoms with van der Waals surface area (Å²) >= 11 is 0. The molecular formula is C38H52N6O6. The van der Waals surface area contributed by atoms with Crippen LogP contribution >= 0.6 is 0 Å². The van der Waals surface area contributed by atoms with Crippen LogP contribution in [0.4, 0.5) is 22.1 Å². The smallest absolute Gasteiger partial charge is 0.407 e. The Labute approximate surface area is 295 Å². The van der Waals surface area contributed by atoms with Gasteiger partial charge in [-0.2, -0.15) is 0 Å². The molecule has 0 saturated carbocycles. The molecule has 50 heavy (non-hydrogen) atoms. The second-order valence-electron chi connectivity index (χ2n) is 14.7. The molecule has 0 radical (unpaired) electrons. The summed E-state index contributed by atoms with van der Waals surface area (Å²) in [5.74, 6) is 1.04. The van der Waals surface area contributed by atoms with Crippen LogP contribution in [0.5, 0.6) is 5.75 Å². The molecule has 0 atom stereocenters. The fourth-order valence-corrected chi connectivity index (χ4v) is 5.92. The first-order valence-corrected chi connectivity index (χ1v) is 17.5. The molecule has 2 N–H and O–H groups in total. The van der Waals surface area contributed by atoms with Gasteiger partial charge in [-0.15, -0.1) is 0 Å². The van der Waals surface area contributed by atoms with Crippen LogP contribution in [0, 0.1) is 5.92 Å².